The summed E-state index contributed by atoms with van der Waals surface area (Å²) in [4.78, 5) is 10.4. The van der Waals surface area contributed by atoms with Gasteiger partial charge in [0.15, 0.2) is 0 Å². The maximum Gasteiger partial charge on any atom is 0.274 e. The van der Waals surface area contributed by atoms with Gasteiger partial charge in [-0.05, 0) is 0 Å². The second-order valence-corrected chi connectivity index (χ2v) is 3.40. The monoisotopic (exact) mass is 208 g/mol. The average molecular weight is 208 g/mol. The normalized spacial score (nSPS) is 21.2. The maximum atomic E-state index is 10.8. The second kappa shape index (κ2) is 4.37. The van der Waals surface area contributed by atoms with E-state index in [0.717, 1.165) is 6.54 Å². The Morgan fingerprint density at radius 1 is 1.47 bits per heavy atom. The van der Waals surface area contributed by atoms with Crippen molar-refractivity contribution in [3.8, 4) is 0 Å². The molecule has 1 aliphatic heterocycles. The van der Waals surface area contributed by atoms with Crippen molar-refractivity contribution in [2.75, 3.05) is 19.8 Å². The predicted molar refractivity (Wildman–Crippen MR) is 54.7 cm³/mol. The molecule has 2 rings (SSSR count). The van der Waals surface area contributed by atoms with Crippen molar-refractivity contribution in [2.24, 2.45) is 0 Å². The van der Waals surface area contributed by atoms with Gasteiger partial charge in [0.1, 0.15) is 0 Å². The van der Waals surface area contributed by atoms with Crippen LogP contribution in [-0.4, -0.2) is 24.7 Å². The number of morpholine rings is 1. The van der Waals surface area contributed by atoms with Gasteiger partial charge in [0.25, 0.3) is 5.69 Å². The Balaban J connectivity index is 2.29. The molecular formula is C10H12N2O3. The van der Waals surface area contributed by atoms with Crippen LogP contribution in [-0.2, 0) is 4.74 Å². The van der Waals surface area contributed by atoms with Gasteiger partial charge in [-0.1, -0.05) is 18.2 Å². The van der Waals surface area contributed by atoms with E-state index >= 15 is 0 Å². The lowest BCUT2D eigenvalue weighted by Crippen LogP contribution is -2.34. The first-order valence-electron chi connectivity index (χ1n) is 4.83. The lowest BCUT2D eigenvalue weighted by atomic mass is 10.0. The van der Waals surface area contributed by atoms with Crippen LogP contribution in [0, 0.1) is 10.1 Å². The molecule has 80 valence electrons. The largest absolute Gasteiger partial charge is 0.378 e. The summed E-state index contributed by atoms with van der Waals surface area (Å²) >= 11 is 0. The molecule has 1 N–H and O–H groups in total. The Kier molecular flexibility index (Phi) is 2.94. The van der Waals surface area contributed by atoms with Crippen molar-refractivity contribution in [3.05, 3.63) is 39.9 Å². The highest BCUT2D eigenvalue weighted by atomic mass is 16.6. The van der Waals surface area contributed by atoms with Gasteiger partial charge in [-0.15, -0.1) is 0 Å². The van der Waals surface area contributed by atoms with E-state index in [0.29, 0.717) is 18.8 Å². The van der Waals surface area contributed by atoms with Gasteiger partial charge in [0.2, 0.25) is 0 Å². The number of nitrogens with zero attached hydrogens (tertiary/aromatic N) is 1. The van der Waals surface area contributed by atoms with E-state index in [9.17, 15) is 10.1 Å². The number of ether oxygens (including phenoxy) is 1. The van der Waals surface area contributed by atoms with Crippen LogP contribution >= 0.6 is 0 Å². The van der Waals surface area contributed by atoms with Crippen LogP contribution in [0.15, 0.2) is 24.3 Å². The van der Waals surface area contributed by atoms with E-state index in [1.165, 1.54) is 6.07 Å². The average Bonchev–Trinajstić information content (AvgIpc) is 2.30. The molecule has 5 nitrogen and oxygen atoms in total. The fourth-order valence-electron chi connectivity index (χ4n) is 1.71. The summed E-state index contributed by atoms with van der Waals surface area (Å²) in [6, 6.07) is 6.69. The Morgan fingerprint density at radius 2 is 2.27 bits per heavy atom. The molecule has 1 aliphatic rings. The van der Waals surface area contributed by atoms with E-state index < -0.39 is 0 Å². The zero-order valence-electron chi connectivity index (χ0n) is 8.18. The summed E-state index contributed by atoms with van der Waals surface area (Å²) in [6.45, 7) is 1.89. The highest BCUT2D eigenvalue weighted by Gasteiger charge is 2.23. The van der Waals surface area contributed by atoms with Crippen molar-refractivity contribution >= 4 is 5.69 Å². The molecule has 1 heterocycles. The van der Waals surface area contributed by atoms with Crippen molar-refractivity contribution in [1.29, 1.82) is 0 Å². The molecule has 1 fully saturated rings. The van der Waals surface area contributed by atoms with Gasteiger partial charge >= 0.3 is 0 Å². The van der Waals surface area contributed by atoms with Gasteiger partial charge in [0.05, 0.1) is 24.2 Å². The minimum absolute atomic E-state index is 0.0691. The van der Waals surface area contributed by atoms with Crippen LogP contribution in [0.25, 0.3) is 0 Å². The zero-order chi connectivity index (χ0) is 10.7. The van der Waals surface area contributed by atoms with E-state index in [4.69, 9.17) is 4.74 Å². The number of nitro benzene ring substituents is 1. The summed E-state index contributed by atoms with van der Waals surface area (Å²) in [7, 11) is 0. The Bertz CT molecular complexity index is 361. The maximum absolute atomic E-state index is 10.8. The van der Waals surface area contributed by atoms with Gasteiger partial charge in [0, 0.05) is 18.2 Å². The standard InChI is InChI=1S/C10H12N2O3/c13-12(14)10-4-2-1-3-8(10)9-7-15-6-5-11-9/h1-4,9,11H,5-7H2/t9-/m1/s1. The van der Waals surface area contributed by atoms with Gasteiger partial charge < -0.3 is 10.1 Å². The SMILES string of the molecule is O=[N+]([O-])c1ccccc1[C@H]1COCCN1. The van der Waals surface area contributed by atoms with Crippen molar-refractivity contribution in [2.45, 2.75) is 6.04 Å². The molecule has 0 amide bonds. The summed E-state index contributed by atoms with van der Waals surface area (Å²) in [5, 5.41) is 14.0. The van der Waals surface area contributed by atoms with Crippen LogP contribution in [0.3, 0.4) is 0 Å². The molecule has 1 aromatic carbocycles. The molecule has 0 bridgehead atoms. The first-order valence-corrected chi connectivity index (χ1v) is 4.83. The molecule has 0 aromatic heterocycles. The molecule has 1 saturated heterocycles. The number of rotatable bonds is 2. The van der Waals surface area contributed by atoms with Crippen LogP contribution < -0.4 is 5.32 Å². The smallest absolute Gasteiger partial charge is 0.274 e. The summed E-state index contributed by atoms with van der Waals surface area (Å²) in [6.07, 6.45) is 0. The first kappa shape index (κ1) is 10.1. The minimum atomic E-state index is -0.356. The molecule has 0 radical (unpaired) electrons. The third kappa shape index (κ3) is 2.14. The first-order chi connectivity index (χ1) is 7.29. The quantitative estimate of drug-likeness (QED) is 0.587. The molecule has 0 aliphatic carbocycles. The Morgan fingerprint density at radius 3 is 2.93 bits per heavy atom. The summed E-state index contributed by atoms with van der Waals surface area (Å²) < 4.78 is 5.29. The molecule has 1 atom stereocenters. The molecule has 0 spiro atoms. The third-order valence-electron chi connectivity index (χ3n) is 2.43. The highest BCUT2D eigenvalue weighted by Crippen LogP contribution is 2.25. The fourth-order valence-corrected chi connectivity index (χ4v) is 1.71. The molecule has 0 unspecified atom stereocenters. The lowest BCUT2D eigenvalue weighted by Gasteiger charge is -2.23. The van der Waals surface area contributed by atoms with Crippen LogP contribution in [0.1, 0.15) is 11.6 Å². The molecular weight excluding hydrogens is 196 g/mol. The number of nitro groups is 1. The highest BCUT2D eigenvalue weighted by molar-refractivity contribution is 5.42. The van der Waals surface area contributed by atoms with Crippen molar-refractivity contribution in [1.82, 2.24) is 5.32 Å². The van der Waals surface area contributed by atoms with E-state index in [-0.39, 0.29) is 16.7 Å². The van der Waals surface area contributed by atoms with Crippen LogP contribution in [0.5, 0.6) is 0 Å². The summed E-state index contributed by atoms with van der Waals surface area (Å²) in [5.74, 6) is 0. The van der Waals surface area contributed by atoms with Crippen LogP contribution in [0.2, 0.25) is 0 Å². The summed E-state index contributed by atoms with van der Waals surface area (Å²) in [5.41, 5.74) is 0.850. The van der Waals surface area contributed by atoms with Gasteiger partial charge in [-0.3, -0.25) is 10.1 Å². The number of para-hydroxylation sites is 1. The van der Waals surface area contributed by atoms with E-state index in [1.807, 2.05) is 0 Å². The molecule has 0 saturated carbocycles. The van der Waals surface area contributed by atoms with Gasteiger partial charge in [-0.25, -0.2) is 0 Å². The van der Waals surface area contributed by atoms with Crippen molar-refractivity contribution in [3.63, 3.8) is 0 Å². The number of hydrogen-bond acceptors (Lipinski definition) is 4. The topological polar surface area (TPSA) is 64.4 Å². The molecule has 5 heteroatoms. The number of hydrogen-bond donors (Lipinski definition) is 1. The van der Waals surface area contributed by atoms with Gasteiger partial charge in [-0.2, -0.15) is 0 Å². The lowest BCUT2D eigenvalue weighted by molar-refractivity contribution is -0.385. The second-order valence-electron chi connectivity index (χ2n) is 3.40. The minimum Gasteiger partial charge on any atom is -0.378 e. The predicted octanol–water partition coefficient (Wildman–Crippen LogP) is 1.26. The van der Waals surface area contributed by atoms with E-state index in [1.54, 1.807) is 18.2 Å². The third-order valence-corrected chi connectivity index (χ3v) is 2.43. The Hall–Kier alpha value is -1.46. The Labute approximate surface area is 87.2 Å². The van der Waals surface area contributed by atoms with E-state index in [2.05, 4.69) is 5.32 Å². The number of benzene rings is 1. The molecule has 15 heavy (non-hydrogen) atoms. The van der Waals surface area contributed by atoms with Crippen LogP contribution in [0.4, 0.5) is 5.69 Å². The zero-order valence-corrected chi connectivity index (χ0v) is 8.18. The molecule has 1 aromatic rings. The number of nitrogens with one attached hydrogen (secondary N) is 1. The van der Waals surface area contributed by atoms with Crippen molar-refractivity contribution < 1.29 is 9.66 Å². The fraction of sp³-hybridized carbons (Fsp3) is 0.400.